The van der Waals surface area contributed by atoms with Gasteiger partial charge >= 0.3 is 5.97 Å². The Morgan fingerprint density at radius 1 is 1.36 bits per heavy atom. The van der Waals surface area contributed by atoms with E-state index >= 15 is 0 Å². The predicted molar refractivity (Wildman–Crippen MR) is 87.8 cm³/mol. The van der Waals surface area contributed by atoms with Crippen LogP contribution in [0.1, 0.15) is 26.2 Å². The lowest BCUT2D eigenvalue weighted by atomic mass is 9.85. The maximum absolute atomic E-state index is 13.3. The molecule has 0 radical (unpaired) electrons. The fourth-order valence-corrected chi connectivity index (χ4v) is 2.70. The number of hydrogen-bond donors (Lipinski definition) is 1. The van der Waals surface area contributed by atoms with Gasteiger partial charge < -0.3 is 14.8 Å². The topological polar surface area (TPSA) is 81.7 Å². The van der Waals surface area contributed by atoms with Crippen LogP contribution in [0.15, 0.2) is 18.2 Å². The van der Waals surface area contributed by atoms with Gasteiger partial charge in [-0.1, -0.05) is 11.6 Å². The third-order valence-corrected chi connectivity index (χ3v) is 4.16. The van der Waals surface area contributed by atoms with Crippen molar-refractivity contribution < 1.29 is 28.2 Å². The van der Waals surface area contributed by atoms with Gasteiger partial charge in [0, 0.05) is 12.5 Å². The summed E-state index contributed by atoms with van der Waals surface area (Å²) in [5.41, 5.74) is 0. The molecule has 25 heavy (non-hydrogen) atoms. The van der Waals surface area contributed by atoms with Crippen molar-refractivity contribution in [2.24, 2.45) is 5.92 Å². The summed E-state index contributed by atoms with van der Waals surface area (Å²) in [6, 6.07) is 3.19. The quantitative estimate of drug-likeness (QED) is 0.776. The number of carbonyl (C=O) groups is 3. The number of nitrogens with one attached hydrogen (secondary N) is 1. The second-order valence-electron chi connectivity index (χ2n) is 5.68. The normalized spacial score (nSPS) is 20.0. The van der Waals surface area contributed by atoms with Crippen LogP contribution in [0.4, 0.5) is 4.39 Å². The van der Waals surface area contributed by atoms with Crippen LogP contribution in [0.2, 0.25) is 5.02 Å². The first-order valence-corrected chi connectivity index (χ1v) is 8.35. The molecule has 1 aromatic carbocycles. The fourth-order valence-electron chi connectivity index (χ4n) is 2.58. The summed E-state index contributed by atoms with van der Waals surface area (Å²) in [5.74, 6) is -2.03. The summed E-state index contributed by atoms with van der Waals surface area (Å²) < 4.78 is 23.4. The summed E-state index contributed by atoms with van der Waals surface area (Å²) in [5, 5.41) is 2.53. The first-order chi connectivity index (χ1) is 11.9. The Labute approximate surface area is 149 Å². The lowest BCUT2D eigenvalue weighted by molar-refractivity contribution is -0.151. The largest absolute Gasteiger partial charge is 0.484 e. The number of rotatable bonds is 6. The second-order valence-corrected chi connectivity index (χ2v) is 6.09. The standard InChI is InChI=1S/C17H19ClFNO5/c1-2-24-17(23)10-3-6-14(15(21)7-10)20-16(22)9-25-11-4-5-12(18)13(19)8-11/h4-5,8,10,14H,2-3,6-7,9H2,1H3,(H,20,22). The van der Waals surface area contributed by atoms with Crippen LogP contribution in [-0.4, -0.2) is 36.9 Å². The van der Waals surface area contributed by atoms with E-state index in [0.717, 1.165) is 6.07 Å². The Morgan fingerprint density at radius 2 is 2.12 bits per heavy atom. The summed E-state index contributed by atoms with van der Waals surface area (Å²) in [6.07, 6.45) is 0.884. The van der Waals surface area contributed by atoms with Crippen molar-refractivity contribution in [1.29, 1.82) is 0 Å². The maximum atomic E-state index is 13.3. The lowest BCUT2D eigenvalue weighted by Gasteiger charge is -2.26. The Hall–Kier alpha value is -2.15. The molecule has 1 aromatic rings. The van der Waals surface area contributed by atoms with Gasteiger partial charge in [0.05, 0.1) is 23.6 Å². The average molecular weight is 372 g/mol. The highest BCUT2D eigenvalue weighted by Gasteiger charge is 2.33. The molecule has 2 rings (SSSR count). The molecular formula is C17H19ClFNO5. The smallest absolute Gasteiger partial charge is 0.309 e. The van der Waals surface area contributed by atoms with Crippen molar-refractivity contribution in [3.63, 3.8) is 0 Å². The molecule has 1 N–H and O–H groups in total. The Bertz CT molecular complexity index is 666. The number of ether oxygens (including phenoxy) is 2. The number of amides is 1. The molecule has 1 amide bonds. The number of Topliss-reactive ketones (excluding diaryl/α,β-unsaturated/α-hetero) is 1. The minimum absolute atomic E-state index is 0.0410. The van der Waals surface area contributed by atoms with Crippen LogP contribution in [-0.2, 0) is 19.1 Å². The van der Waals surface area contributed by atoms with E-state index in [1.807, 2.05) is 0 Å². The van der Waals surface area contributed by atoms with E-state index < -0.39 is 23.7 Å². The number of benzene rings is 1. The molecule has 1 fully saturated rings. The van der Waals surface area contributed by atoms with Gasteiger partial charge in [0.15, 0.2) is 12.4 Å². The lowest BCUT2D eigenvalue weighted by Crippen LogP contribution is -2.46. The molecule has 0 aromatic heterocycles. The number of carbonyl (C=O) groups excluding carboxylic acids is 3. The van der Waals surface area contributed by atoms with Crippen LogP contribution in [0.3, 0.4) is 0 Å². The number of hydrogen-bond acceptors (Lipinski definition) is 5. The highest BCUT2D eigenvalue weighted by molar-refractivity contribution is 6.30. The Morgan fingerprint density at radius 3 is 2.76 bits per heavy atom. The third-order valence-electron chi connectivity index (χ3n) is 3.86. The van der Waals surface area contributed by atoms with Gasteiger partial charge in [0.25, 0.3) is 5.91 Å². The summed E-state index contributed by atoms with van der Waals surface area (Å²) in [6.45, 7) is 1.62. The van der Waals surface area contributed by atoms with Crippen molar-refractivity contribution in [2.75, 3.05) is 13.2 Å². The van der Waals surface area contributed by atoms with E-state index in [0.29, 0.717) is 12.8 Å². The second kappa shape index (κ2) is 8.80. The molecule has 1 saturated carbocycles. The molecule has 0 spiro atoms. The first-order valence-electron chi connectivity index (χ1n) is 7.97. The van der Waals surface area contributed by atoms with Crippen molar-refractivity contribution in [3.05, 3.63) is 29.0 Å². The summed E-state index contributed by atoms with van der Waals surface area (Å²) >= 11 is 5.56. The van der Waals surface area contributed by atoms with Gasteiger partial charge in [-0.05, 0) is 31.9 Å². The molecule has 0 heterocycles. The molecule has 0 saturated heterocycles. The van der Waals surface area contributed by atoms with Crippen molar-refractivity contribution in [1.82, 2.24) is 5.32 Å². The van der Waals surface area contributed by atoms with Crippen LogP contribution in [0.25, 0.3) is 0 Å². The zero-order valence-corrected chi connectivity index (χ0v) is 14.5. The Kier molecular flexibility index (Phi) is 6.75. The first kappa shape index (κ1) is 19.2. The molecule has 0 aliphatic heterocycles. The van der Waals surface area contributed by atoms with Crippen LogP contribution in [0, 0.1) is 11.7 Å². The summed E-state index contributed by atoms with van der Waals surface area (Å²) in [7, 11) is 0. The minimum atomic E-state index is -0.649. The van der Waals surface area contributed by atoms with Gasteiger partial charge in [-0.15, -0.1) is 0 Å². The zero-order chi connectivity index (χ0) is 18.4. The highest BCUT2D eigenvalue weighted by Crippen LogP contribution is 2.23. The average Bonchev–Trinajstić information content (AvgIpc) is 2.58. The van der Waals surface area contributed by atoms with Crippen LogP contribution in [0.5, 0.6) is 5.75 Å². The number of esters is 1. The monoisotopic (exact) mass is 371 g/mol. The number of halogens is 2. The van der Waals surface area contributed by atoms with E-state index in [1.54, 1.807) is 6.92 Å². The molecule has 6 nitrogen and oxygen atoms in total. The van der Waals surface area contributed by atoms with E-state index in [9.17, 15) is 18.8 Å². The Balaban J connectivity index is 1.80. The van der Waals surface area contributed by atoms with Gasteiger partial charge in [-0.2, -0.15) is 0 Å². The molecule has 1 aliphatic carbocycles. The van der Waals surface area contributed by atoms with E-state index in [1.165, 1.54) is 12.1 Å². The maximum Gasteiger partial charge on any atom is 0.309 e. The SMILES string of the molecule is CCOC(=O)C1CCC(NC(=O)COc2ccc(Cl)c(F)c2)C(=O)C1. The molecule has 8 heteroatoms. The number of ketones is 1. The van der Waals surface area contributed by atoms with Gasteiger partial charge in [-0.3, -0.25) is 14.4 Å². The minimum Gasteiger partial charge on any atom is -0.484 e. The summed E-state index contributed by atoms with van der Waals surface area (Å²) in [4.78, 5) is 35.6. The van der Waals surface area contributed by atoms with Crippen LogP contribution < -0.4 is 10.1 Å². The predicted octanol–water partition coefficient (Wildman–Crippen LogP) is 2.27. The third kappa shape index (κ3) is 5.42. The molecule has 2 atom stereocenters. The van der Waals surface area contributed by atoms with Crippen molar-refractivity contribution in [2.45, 2.75) is 32.2 Å². The van der Waals surface area contributed by atoms with Gasteiger partial charge in [0.2, 0.25) is 0 Å². The molecule has 0 bridgehead atoms. The molecule has 1 aliphatic rings. The van der Waals surface area contributed by atoms with Gasteiger partial charge in [-0.25, -0.2) is 4.39 Å². The molecule has 2 unspecified atom stereocenters. The van der Waals surface area contributed by atoms with Crippen molar-refractivity contribution in [3.8, 4) is 5.75 Å². The zero-order valence-electron chi connectivity index (χ0n) is 13.7. The van der Waals surface area contributed by atoms with E-state index in [2.05, 4.69) is 5.32 Å². The fraction of sp³-hybridized carbons (Fsp3) is 0.471. The molecular weight excluding hydrogens is 353 g/mol. The van der Waals surface area contributed by atoms with Crippen molar-refractivity contribution >= 4 is 29.3 Å². The van der Waals surface area contributed by atoms with E-state index in [4.69, 9.17) is 21.1 Å². The van der Waals surface area contributed by atoms with Crippen LogP contribution >= 0.6 is 11.6 Å². The highest BCUT2D eigenvalue weighted by atomic mass is 35.5. The van der Waals surface area contributed by atoms with E-state index in [-0.39, 0.29) is 42.2 Å². The van der Waals surface area contributed by atoms with Gasteiger partial charge in [0.1, 0.15) is 11.6 Å². The molecule has 136 valence electrons.